The standard InChI is InChI=1S/C12H25NS/c1-3-14-10-11(2)13-12-8-6-4-5-7-9-12/h11-13H,3-10H2,1-2H3. The predicted molar refractivity (Wildman–Crippen MR) is 67.1 cm³/mol. The number of rotatable bonds is 5. The maximum atomic E-state index is 3.77. The molecule has 1 unspecified atom stereocenters. The summed E-state index contributed by atoms with van der Waals surface area (Å²) in [5, 5.41) is 3.77. The Hall–Kier alpha value is 0.310. The SMILES string of the molecule is CCSCC(C)NC1CCCCCC1. The van der Waals surface area contributed by atoms with Crippen molar-refractivity contribution in [1.82, 2.24) is 5.32 Å². The molecule has 1 fully saturated rings. The van der Waals surface area contributed by atoms with Gasteiger partial charge < -0.3 is 5.32 Å². The van der Waals surface area contributed by atoms with Gasteiger partial charge in [-0.15, -0.1) is 0 Å². The van der Waals surface area contributed by atoms with Crippen LogP contribution in [0.1, 0.15) is 52.4 Å². The molecule has 2 heteroatoms. The summed E-state index contributed by atoms with van der Waals surface area (Å²) < 4.78 is 0. The molecule has 0 spiro atoms. The summed E-state index contributed by atoms with van der Waals surface area (Å²) in [7, 11) is 0. The highest BCUT2D eigenvalue weighted by Crippen LogP contribution is 2.18. The van der Waals surface area contributed by atoms with Crippen molar-refractivity contribution in [2.75, 3.05) is 11.5 Å². The lowest BCUT2D eigenvalue weighted by Gasteiger charge is -2.21. The largest absolute Gasteiger partial charge is 0.311 e. The zero-order chi connectivity index (χ0) is 10.2. The Kier molecular flexibility index (Phi) is 6.70. The maximum absolute atomic E-state index is 3.77. The maximum Gasteiger partial charge on any atom is 0.0132 e. The second-order valence-corrected chi connectivity index (χ2v) is 5.73. The van der Waals surface area contributed by atoms with Gasteiger partial charge in [0.05, 0.1) is 0 Å². The van der Waals surface area contributed by atoms with Crippen LogP contribution >= 0.6 is 11.8 Å². The van der Waals surface area contributed by atoms with E-state index in [9.17, 15) is 0 Å². The van der Waals surface area contributed by atoms with Gasteiger partial charge in [-0.1, -0.05) is 32.6 Å². The summed E-state index contributed by atoms with van der Waals surface area (Å²) in [6, 6.07) is 1.51. The fourth-order valence-corrected chi connectivity index (χ4v) is 2.88. The van der Waals surface area contributed by atoms with E-state index in [0.29, 0.717) is 6.04 Å². The molecule has 1 nitrogen and oxygen atoms in total. The molecule has 14 heavy (non-hydrogen) atoms. The minimum Gasteiger partial charge on any atom is -0.311 e. The lowest BCUT2D eigenvalue weighted by Crippen LogP contribution is -2.37. The molecule has 0 aromatic rings. The van der Waals surface area contributed by atoms with Crippen molar-refractivity contribution in [1.29, 1.82) is 0 Å². The van der Waals surface area contributed by atoms with Crippen LogP contribution in [-0.2, 0) is 0 Å². The second-order valence-electron chi connectivity index (χ2n) is 4.42. The van der Waals surface area contributed by atoms with Crippen molar-refractivity contribution < 1.29 is 0 Å². The van der Waals surface area contributed by atoms with E-state index in [0.717, 1.165) is 6.04 Å². The van der Waals surface area contributed by atoms with Gasteiger partial charge >= 0.3 is 0 Å². The van der Waals surface area contributed by atoms with Crippen LogP contribution in [0.25, 0.3) is 0 Å². The number of hydrogen-bond donors (Lipinski definition) is 1. The molecule has 1 saturated carbocycles. The first-order chi connectivity index (χ1) is 6.83. The number of thioether (sulfide) groups is 1. The van der Waals surface area contributed by atoms with Gasteiger partial charge in [-0.2, -0.15) is 11.8 Å². The highest BCUT2D eigenvalue weighted by Gasteiger charge is 2.13. The molecular weight excluding hydrogens is 190 g/mol. The third-order valence-corrected chi connectivity index (χ3v) is 4.09. The van der Waals surface area contributed by atoms with Gasteiger partial charge in [0, 0.05) is 17.8 Å². The minimum atomic E-state index is 0.697. The monoisotopic (exact) mass is 215 g/mol. The molecule has 0 amide bonds. The van der Waals surface area contributed by atoms with Crippen LogP contribution in [0.4, 0.5) is 0 Å². The van der Waals surface area contributed by atoms with Crippen LogP contribution in [0, 0.1) is 0 Å². The summed E-state index contributed by atoms with van der Waals surface area (Å²) in [5.74, 6) is 2.52. The Balaban J connectivity index is 2.13. The average molecular weight is 215 g/mol. The lowest BCUT2D eigenvalue weighted by atomic mass is 10.1. The van der Waals surface area contributed by atoms with Crippen LogP contribution < -0.4 is 5.32 Å². The van der Waals surface area contributed by atoms with E-state index in [1.165, 1.54) is 50.0 Å². The fraction of sp³-hybridized carbons (Fsp3) is 1.00. The van der Waals surface area contributed by atoms with Gasteiger partial charge in [0.1, 0.15) is 0 Å². The second kappa shape index (κ2) is 7.58. The number of nitrogens with one attached hydrogen (secondary N) is 1. The Morgan fingerprint density at radius 1 is 1.21 bits per heavy atom. The van der Waals surface area contributed by atoms with E-state index >= 15 is 0 Å². The van der Waals surface area contributed by atoms with Gasteiger partial charge in [-0.25, -0.2) is 0 Å². The molecule has 0 heterocycles. The van der Waals surface area contributed by atoms with Crippen molar-refractivity contribution in [2.45, 2.75) is 64.5 Å². The normalized spacial score (nSPS) is 21.9. The van der Waals surface area contributed by atoms with E-state index in [4.69, 9.17) is 0 Å². The van der Waals surface area contributed by atoms with Crippen molar-refractivity contribution in [2.24, 2.45) is 0 Å². The van der Waals surface area contributed by atoms with E-state index in [2.05, 4.69) is 19.2 Å². The van der Waals surface area contributed by atoms with Crippen LogP contribution in [0.5, 0.6) is 0 Å². The molecule has 0 bridgehead atoms. The van der Waals surface area contributed by atoms with Crippen molar-refractivity contribution >= 4 is 11.8 Å². The molecule has 0 radical (unpaired) electrons. The van der Waals surface area contributed by atoms with Gasteiger partial charge in [-0.3, -0.25) is 0 Å². The average Bonchev–Trinajstić information content (AvgIpc) is 2.43. The zero-order valence-corrected chi connectivity index (χ0v) is 10.5. The first kappa shape index (κ1) is 12.4. The first-order valence-electron chi connectivity index (χ1n) is 6.16. The highest BCUT2D eigenvalue weighted by molar-refractivity contribution is 7.99. The molecule has 0 aromatic carbocycles. The predicted octanol–water partition coefficient (Wildman–Crippen LogP) is 3.44. The first-order valence-corrected chi connectivity index (χ1v) is 7.32. The topological polar surface area (TPSA) is 12.0 Å². The van der Waals surface area contributed by atoms with E-state index < -0.39 is 0 Å². The Labute approximate surface area is 93.4 Å². The molecule has 0 saturated heterocycles. The molecule has 0 aliphatic heterocycles. The summed E-state index contributed by atoms with van der Waals surface area (Å²) in [6.07, 6.45) is 8.59. The fourth-order valence-electron chi connectivity index (χ4n) is 2.19. The van der Waals surface area contributed by atoms with E-state index in [-0.39, 0.29) is 0 Å². The molecule has 84 valence electrons. The van der Waals surface area contributed by atoms with Gasteiger partial charge in [0.15, 0.2) is 0 Å². The summed E-state index contributed by atoms with van der Waals surface area (Å²) in [5.41, 5.74) is 0. The highest BCUT2D eigenvalue weighted by atomic mass is 32.2. The molecule has 1 aliphatic rings. The van der Waals surface area contributed by atoms with Crippen molar-refractivity contribution in [3.05, 3.63) is 0 Å². The summed E-state index contributed by atoms with van der Waals surface area (Å²) in [6.45, 7) is 4.57. The smallest absolute Gasteiger partial charge is 0.0132 e. The van der Waals surface area contributed by atoms with E-state index in [1.54, 1.807) is 0 Å². The van der Waals surface area contributed by atoms with Crippen LogP contribution in [-0.4, -0.2) is 23.6 Å². The van der Waals surface area contributed by atoms with Gasteiger partial charge in [0.2, 0.25) is 0 Å². The summed E-state index contributed by atoms with van der Waals surface area (Å²) in [4.78, 5) is 0. The van der Waals surface area contributed by atoms with Crippen LogP contribution in [0.2, 0.25) is 0 Å². The molecule has 1 atom stereocenters. The van der Waals surface area contributed by atoms with Crippen molar-refractivity contribution in [3.63, 3.8) is 0 Å². The van der Waals surface area contributed by atoms with Gasteiger partial charge in [0.25, 0.3) is 0 Å². The Bertz CT molecular complexity index is 130. The van der Waals surface area contributed by atoms with Gasteiger partial charge in [-0.05, 0) is 25.5 Å². The quantitative estimate of drug-likeness (QED) is 0.705. The molecule has 1 rings (SSSR count). The Morgan fingerprint density at radius 2 is 1.86 bits per heavy atom. The van der Waals surface area contributed by atoms with Crippen molar-refractivity contribution in [3.8, 4) is 0 Å². The van der Waals surface area contributed by atoms with Crippen LogP contribution in [0.3, 0.4) is 0 Å². The third kappa shape index (κ3) is 5.26. The molecule has 1 aliphatic carbocycles. The minimum absolute atomic E-state index is 0.697. The third-order valence-electron chi connectivity index (χ3n) is 2.95. The van der Waals surface area contributed by atoms with Crippen LogP contribution in [0.15, 0.2) is 0 Å². The molecular formula is C12H25NS. The number of hydrogen-bond acceptors (Lipinski definition) is 2. The zero-order valence-electron chi connectivity index (χ0n) is 9.72. The van der Waals surface area contributed by atoms with E-state index in [1.807, 2.05) is 11.8 Å². The molecule has 1 N–H and O–H groups in total. The lowest BCUT2D eigenvalue weighted by molar-refractivity contribution is 0.425. The molecule has 0 aromatic heterocycles. The summed E-state index contributed by atoms with van der Waals surface area (Å²) >= 11 is 2.05. The Morgan fingerprint density at radius 3 is 2.43 bits per heavy atom.